The van der Waals surface area contributed by atoms with Crippen LogP contribution in [0.4, 0.5) is 0 Å². The lowest BCUT2D eigenvalue weighted by Gasteiger charge is -2.71. The summed E-state index contributed by atoms with van der Waals surface area (Å²) in [6, 6.07) is 23.2. The Balaban J connectivity index is 1.16. The molecule has 6 aliphatic carbocycles. The third-order valence-electron chi connectivity index (χ3n) is 14.3. The van der Waals surface area contributed by atoms with Gasteiger partial charge in [-0.1, -0.05) is 86.7 Å². The van der Waals surface area contributed by atoms with Gasteiger partial charge in [0, 0.05) is 39.6 Å². The number of carbonyl (C=O) groups excluding carboxylic acids is 1. The molecule has 8 unspecified atom stereocenters. The van der Waals surface area contributed by atoms with Gasteiger partial charge in [0.05, 0.1) is 16.6 Å². The Morgan fingerprint density at radius 3 is 2.39 bits per heavy atom. The Morgan fingerprint density at radius 2 is 1.63 bits per heavy atom. The zero-order valence-electron chi connectivity index (χ0n) is 29.1. The van der Waals surface area contributed by atoms with E-state index >= 15 is 4.79 Å². The first-order valence-corrected chi connectivity index (χ1v) is 21.4. The molecule has 10 rings (SSSR count). The van der Waals surface area contributed by atoms with Gasteiger partial charge in [0.25, 0.3) is 10.0 Å². The van der Waals surface area contributed by atoms with Crippen molar-refractivity contribution in [2.75, 3.05) is 6.54 Å². The molecule has 2 N–H and O–H groups in total. The van der Waals surface area contributed by atoms with Gasteiger partial charge in [-0.2, -0.15) is 4.31 Å². The maximum atomic E-state index is 15.1. The molecule has 2 bridgehead atoms. The molecule has 3 fully saturated rings. The van der Waals surface area contributed by atoms with E-state index in [4.69, 9.17) is 0 Å². The molecule has 2 aromatic carbocycles. The van der Waals surface area contributed by atoms with E-state index in [1.165, 1.54) is 27.0 Å². The van der Waals surface area contributed by atoms with Gasteiger partial charge in [0.1, 0.15) is 4.21 Å². The first-order valence-electron chi connectivity index (χ1n) is 18.3. The van der Waals surface area contributed by atoms with Crippen LogP contribution < -0.4 is 0 Å². The minimum absolute atomic E-state index is 0.0176. The summed E-state index contributed by atoms with van der Waals surface area (Å²) < 4.78 is 31.4. The zero-order valence-corrected chi connectivity index (χ0v) is 31.6. The average molecular weight is 740 g/mol. The van der Waals surface area contributed by atoms with Crippen molar-refractivity contribution in [2.24, 2.45) is 33.5 Å². The lowest BCUT2D eigenvalue weighted by Crippen LogP contribution is -2.67. The molecule has 6 nitrogen and oxygen atoms in total. The smallest absolute Gasteiger partial charge is 0.252 e. The van der Waals surface area contributed by atoms with Crippen LogP contribution >= 0.6 is 22.7 Å². The topological polar surface area (TPSA) is 94.9 Å². The van der Waals surface area contributed by atoms with Crippen molar-refractivity contribution in [1.29, 1.82) is 0 Å². The average Bonchev–Trinajstić information content (AvgIpc) is 3.87. The van der Waals surface area contributed by atoms with Gasteiger partial charge < -0.3 is 10.2 Å². The second-order valence-electron chi connectivity index (χ2n) is 16.5. The number of hydrogen-bond donors (Lipinski definition) is 2. The molecule has 8 atom stereocenters. The normalized spacial score (nSPS) is 36.9. The zero-order chi connectivity index (χ0) is 35.4. The number of ketones is 1. The Hall–Kier alpha value is -2.92. The van der Waals surface area contributed by atoms with Crippen molar-refractivity contribution in [3.63, 3.8) is 0 Å². The second kappa shape index (κ2) is 11.5. The number of rotatable bonds is 8. The monoisotopic (exact) mass is 739 g/mol. The summed E-state index contributed by atoms with van der Waals surface area (Å²) >= 11 is 2.74. The first kappa shape index (κ1) is 33.9. The lowest BCUT2D eigenvalue weighted by atomic mass is 9.32. The Bertz CT molecular complexity index is 2160. The summed E-state index contributed by atoms with van der Waals surface area (Å²) in [4.78, 5) is 15.8. The Labute approximate surface area is 308 Å². The van der Waals surface area contributed by atoms with Crippen LogP contribution in [0.3, 0.4) is 0 Å². The maximum Gasteiger partial charge on any atom is 0.252 e. The predicted molar refractivity (Wildman–Crippen MR) is 203 cm³/mol. The molecule has 51 heavy (non-hydrogen) atoms. The van der Waals surface area contributed by atoms with Crippen LogP contribution in [0.5, 0.6) is 0 Å². The van der Waals surface area contributed by atoms with E-state index in [1.807, 2.05) is 48.5 Å². The maximum absolute atomic E-state index is 15.1. The molecule has 9 heteroatoms. The van der Waals surface area contributed by atoms with Crippen molar-refractivity contribution in [1.82, 2.24) is 4.31 Å². The molecule has 2 aromatic heterocycles. The van der Waals surface area contributed by atoms with Crippen molar-refractivity contribution in [2.45, 2.75) is 81.3 Å². The van der Waals surface area contributed by atoms with E-state index in [0.29, 0.717) is 19.3 Å². The SMILES string of the molecule is CC12CCC(O)CC13C=CC1(C(C(=O)c4cc5ccccc5s4)=C3)C2CCC2(C)C1CCC2(O)CN(Cc1ccccc1)S(=O)(=O)c1cccs1. The molecule has 0 amide bonds. The van der Waals surface area contributed by atoms with E-state index in [2.05, 4.69) is 44.2 Å². The molecule has 0 saturated heterocycles. The molecular formula is C42H45NO5S3. The van der Waals surface area contributed by atoms with Crippen LogP contribution in [-0.4, -0.2) is 47.0 Å². The van der Waals surface area contributed by atoms with Crippen molar-refractivity contribution >= 4 is 48.6 Å². The van der Waals surface area contributed by atoms with Crippen LogP contribution in [0.2, 0.25) is 0 Å². The molecule has 4 aromatic rings. The minimum atomic E-state index is -3.90. The number of thiophene rings is 2. The van der Waals surface area contributed by atoms with Crippen molar-refractivity contribution in [3.8, 4) is 0 Å². The number of aliphatic hydroxyl groups excluding tert-OH is 1. The third kappa shape index (κ3) is 4.67. The fourth-order valence-electron chi connectivity index (χ4n) is 11.7. The van der Waals surface area contributed by atoms with Crippen LogP contribution in [0.1, 0.15) is 74.0 Å². The van der Waals surface area contributed by atoms with E-state index in [1.54, 1.807) is 17.5 Å². The first-order chi connectivity index (χ1) is 24.4. The summed E-state index contributed by atoms with van der Waals surface area (Å²) in [7, 11) is -3.90. The Kier molecular flexibility index (Phi) is 7.67. The molecule has 0 aliphatic heterocycles. The lowest BCUT2D eigenvalue weighted by molar-refractivity contribution is -0.173. The van der Waals surface area contributed by atoms with Gasteiger partial charge in [0.15, 0.2) is 5.78 Å². The summed E-state index contributed by atoms with van der Waals surface area (Å²) in [5.74, 6) is 0.147. The van der Waals surface area contributed by atoms with E-state index in [-0.39, 0.29) is 40.3 Å². The molecule has 2 heterocycles. The summed E-state index contributed by atoms with van der Waals surface area (Å²) in [6.45, 7) is 4.71. The molecule has 0 radical (unpaired) electrons. The molecule has 3 saturated carbocycles. The van der Waals surface area contributed by atoms with Gasteiger partial charge in [-0.3, -0.25) is 4.79 Å². The summed E-state index contributed by atoms with van der Waals surface area (Å²) in [5, 5.41) is 27.0. The third-order valence-corrected chi connectivity index (χ3v) is 18.6. The van der Waals surface area contributed by atoms with E-state index in [0.717, 1.165) is 51.8 Å². The molecule has 266 valence electrons. The van der Waals surface area contributed by atoms with Gasteiger partial charge in [0.2, 0.25) is 0 Å². The van der Waals surface area contributed by atoms with E-state index in [9.17, 15) is 18.6 Å². The van der Waals surface area contributed by atoms with Crippen LogP contribution in [-0.2, 0) is 16.6 Å². The number of carbonyl (C=O) groups is 1. The highest BCUT2D eigenvalue weighted by atomic mass is 32.2. The summed E-state index contributed by atoms with van der Waals surface area (Å²) in [5.41, 5.74) is -1.45. The number of fused-ring (bicyclic) bond motifs is 2. The standard InChI is InChI=1S/C42H45NO5S3/c1-38-17-14-30(44)24-40(38)20-21-42(31(25-40)37(45)33-23-29-11-6-7-12-32(29)50-33)34(38)15-18-39(2)35(42)16-19-41(39,46)27-43(26-28-9-4-3-5-10-28)51(47,48)36-13-8-22-49-36/h3-13,20-23,25,30,34-35,44,46H,14-19,24,26-27H2,1-2H3. The predicted octanol–water partition coefficient (Wildman–Crippen LogP) is 8.63. The molecule has 2 spiro atoms. The molecule has 6 aliphatic rings. The number of allylic oxidation sites excluding steroid dienone is 4. The second-order valence-corrected chi connectivity index (χ2v) is 20.7. The number of hydrogen-bond acceptors (Lipinski definition) is 7. The van der Waals surface area contributed by atoms with Crippen LogP contribution in [0.15, 0.2) is 106 Å². The fourth-order valence-corrected chi connectivity index (χ4v) is 15.3. The largest absolute Gasteiger partial charge is 0.393 e. The summed E-state index contributed by atoms with van der Waals surface area (Å²) in [6.07, 6.45) is 11.4. The van der Waals surface area contributed by atoms with E-state index < -0.39 is 38.0 Å². The highest BCUT2D eigenvalue weighted by molar-refractivity contribution is 7.91. The van der Waals surface area contributed by atoms with Gasteiger partial charge in [-0.25, -0.2) is 8.42 Å². The number of benzene rings is 2. The quantitative estimate of drug-likeness (QED) is 0.139. The highest BCUT2D eigenvalue weighted by Crippen LogP contribution is 2.78. The van der Waals surface area contributed by atoms with Crippen molar-refractivity contribution < 1.29 is 23.4 Å². The number of aliphatic hydroxyl groups is 2. The van der Waals surface area contributed by atoms with Gasteiger partial charge in [-0.15, -0.1) is 22.7 Å². The Morgan fingerprint density at radius 1 is 0.902 bits per heavy atom. The van der Waals surface area contributed by atoms with Gasteiger partial charge in [-0.05, 0) is 96.7 Å². The number of nitrogens with zero attached hydrogens (tertiary/aromatic N) is 1. The van der Waals surface area contributed by atoms with Crippen LogP contribution in [0, 0.1) is 33.5 Å². The van der Waals surface area contributed by atoms with Crippen LogP contribution in [0.25, 0.3) is 10.1 Å². The van der Waals surface area contributed by atoms with Gasteiger partial charge >= 0.3 is 0 Å². The van der Waals surface area contributed by atoms with Crippen molar-refractivity contribution in [3.05, 3.63) is 112 Å². The fraction of sp³-hybridized carbons (Fsp3) is 0.452. The number of Topliss-reactive ketones (excluding diaryl/α,β-unsaturated/α-hetero) is 1. The number of sulfonamides is 1. The molecular weight excluding hydrogens is 695 g/mol. The highest BCUT2D eigenvalue weighted by Gasteiger charge is 2.74. The minimum Gasteiger partial charge on any atom is -0.393 e.